The number of hydrogen-bond acceptors (Lipinski definition) is 5. The number of para-hydroxylation sites is 2. The molecule has 1 saturated heterocycles. The van der Waals surface area contributed by atoms with Gasteiger partial charge in [0.05, 0.1) is 12.2 Å². The number of rotatable bonds is 2. The molecule has 2 aliphatic rings. The summed E-state index contributed by atoms with van der Waals surface area (Å²) in [5, 5.41) is 15.4. The van der Waals surface area contributed by atoms with Crippen LogP contribution < -0.4 is 9.91 Å². The molecule has 2 aliphatic heterocycles. The maximum atomic E-state index is 12.5. The zero-order valence-electron chi connectivity index (χ0n) is 13.6. The summed E-state index contributed by atoms with van der Waals surface area (Å²) in [5.41, 5.74) is 1.93. The Morgan fingerprint density at radius 3 is 2.24 bits per heavy atom. The summed E-state index contributed by atoms with van der Waals surface area (Å²) < 4.78 is 0. The number of carbonyl (C=O) groups is 1. The highest BCUT2D eigenvalue weighted by Crippen LogP contribution is 2.28. The van der Waals surface area contributed by atoms with Crippen LogP contribution in [0.1, 0.15) is 0 Å². The Morgan fingerprint density at radius 1 is 0.960 bits per heavy atom. The predicted octanol–water partition coefficient (Wildman–Crippen LogP) is 2.06. The molecule has 124 valence electrons. The Morgan fingerprint density at radius 2 is 1.60 bits per heavy atom. The fourth-order valence-corrected chi connectivity index (χ4v) is 3.32. The summed E-state index contributed by atoms with van der Waals surface area (Å²) in [6, 6.07) is 21.7. The fraction of sp³-hybridized carbons (Fsp3) is 0.211. The van der Waals surface area contributed by atoms with Crippen LogP contribution >= 0.6 is 0 Å². The minimum atomic E-state index is -0.285. The summed E-state index contributed by atoms with van der Waals surface area (Å²) in [7, 11) is 0. The van der Waals surface area contributed by atoms with Crippen LogP contribution in [0.2, 0.25) is 0 Å². The van der Waals surface area contributed by atoms with Crippen molar-refractivity contribution in [2.75, 3.05) is 29.5 Å². The van der Waals surface area contributed by atoms with Crippen LogP contribution in [0.4, 0.5) is 11.4 Å². The molecular formula is C19H17N5O. The second-order valence-corrected chi connectivity index (χ2v) is 6.00. The van der Waals surface area contributed by atoms with E-state index in [4.69, 9.17) is 0 Å². The number of carbonyl (C=O) groups excluding carboxylic acids is 1. The van der Waals surface area contributed by atoms with E-state index < -0.39 is 0 Å². The highest BCUT2D eigenvalue weighted by molar-refractivity contribution is 6.45. The zero-order chi connectivity index (χ0) is 17.2. The van der Waals surface area contributed by atoms with E-state index in [1.807, 2.05) is 54.6 Å². The molecule has 6 heteroatoms. The van der Waals surface area contributed by atoms with E-state index in [1.165, 1.54) is 0 Å². The van der Waals surface area contributed by atoms with E-state index in [9.17, 15) is 10.1 Å². The van der Waals surface area contributed by atoms with Gasteiger partial charge < -0.3 is 9.80 Å². The van der Waals surface area contributed by atoms with Gasteiger partial charge in [-0.1, -0.05) is 36.4 Å². The molecule has 0 radical (unpaired) electrons. The van der Waals surface area contributed by atoms with Crippen molar-refractivity contribution in [3.63, 3.8) is 0 Å². The highest BCUT2D eigenvalue weighted by Gasteiger charge is 2.40. The molecule has 0 unspecified atom stereocenters. The van der Waals surface area contributed by atoms with Gasteiger partial charge in [-0.2, -0.15) is 10.4 Å². The Bertz CT molecular complexity index is 843. The first-order valence-corrected chi connectivity index (χ1v) is 8.22. The minimum Gasteiger partial charge on any atom is -0.366 e. The van der Waals surface area contributed by atoms with Gasteiger partial charge in [0.1, 0.15) is 12.2 Å². The van der Waals surface area contributed by atoms with Crippen LogP contribution in [0.5, 0.6) is 0 Å². The molecule has 25 heavy (non-hydrogen) atoms. The van der Waals surface area contributed by atoms with Gasteiger partial charge in [0.15, 0.2) is 0 Å². The molecule has 1 atom stereocenters. The SMILES string of the molecule is N#CC1=NN(c2ccccc2)[C@@H]2CN(c3ccccc3)CCN2C1=O. The van der Waals surface area contributed by atoms with Crippen molar-refractivity contribution in [3.05, 3.63) is 60.7 Å². The lowest BCUT2D eigenvalue weighted by atomic mass is 10.1. The van der Waals surface area contributed by atoms with E-state index in [2.05, 4.69) is 22.1 Å². The molecule has 0 aromatic heterocycles. The number of fused-ring (bicyclic) bond motifs is 1. The molecule has 0 bridgehead atoms. The summed E-state index contributed by atoms with van der Waals surface area (Å²) >= 11 is 0. The molecular weight excluding hydrogens is 314 g/mol. The normalized spacial score (nSPS) is 20.0. The second-order valence-electron chi connectivity index (χ2n) is 6.00. The lowest BCUT2D eigenvalue weighted by Crippen LogP contribution is -2.64. The first-order valence-electron chi connectivity index (χ1n) is 8.22. The van der Waals surface area contributed by atoms with Crippen molar-refractivity contribution in [1.29, 1.82) is 5.26 Å². The van der Waals surface area contributed by atoms with Crippen molar-refractivity contribution >= 4 is 23.0 Å². The van der Waals surface area contributed by atoms with Gasteiger partial charge in [-0.05, 0) is 24.3 Å². The lowest BCUT2D eigenvalue weighted by Gasteiger charge is -2.47. The number of hydrazone groups is 1. The van der Waals surface area contributed by atoms with Gasteiger partial charge in [0, 0.05) is 18.8 Å². The first-order chi connectivity index (χ1) is 12.3. The molecule has 2 heterocycles. The number of anilines is 2. The maximum absolute atomic E-state index is 12.5. The maximum Gasteiger partial charge on any atom is 0.287 e. The van der Waals surface area contributed by atoms with Crippen LogP contribution in [-0.4, -0.2) is 42.3 Å². The van der Waals surface area contributed by atoms with Crippen LogP contribution in [0.25, 0.3) is 0 Å². The van der Waals surface area contributed by atoms with Gasteiger partial charge in [-0.25, -0.2) is 5.01 Å². The zero-order valence-corrected chi connectivity index (χ0v) is 13.6. The second kappa shape index (κ2) is 6.29. The molecule has 0 aliphatic carbocycles. The summed E-state index contributed by atoms with van der Waals surface area (Å²) in [6.07, 6.45) is -0.235. The topological polar surface area (TPSA) is 62.9 Å². The Kier molecular flexibility index (Phi) is 3.82. The van der Waals surface area contributed by atoms with E-state index >= 15 is 0 Å². The largest absolute Gasteiger partial charge is 0.366 e. The molecule has 6 nitrogen and oxygen atoms in total. The Labute approximate surface area is 146 Å². The molecule has 2 aromatic rings. The number of nitrogens with zero attached hydrogens (tertiary/aromatic N) is 5. The monoisotopic (exact) mass is 331 g/mol. The van der Waals surface area contributed by atoms with E-state index in [0.717, 1.165) is 17.9 Å². The van der Waals surface area contributed by atoms with Gasteiger partial charge in [-0.15, -0.1) is 0 Å². The lowest BCUT2D eigenvalue weighted by molar-refractivity contribution is -0.127. The van der Waals surface area contributed by atoms with Gasteiger partial charge in [-0.3, -0.25) is 4.79 Å². The third-order valence-electron chi connectivity index (χ3n) is 4.56. The average Bonchev–Trinajstić information content (AvgIpc) is 2.69. The van der Waals surface area contributed by atoms with Crippen LogP contribution in [-0.2, 0) is 4.79 Å². The van der Waals surface area contributed by atoms with E-state index in [-0.39, 0.29) is 17.8 Å². The van der Waals surface area contributed by atoms with Gasteiger partial charge in [0.2, 0.25) is 5.71 Å². The molecule has 0 saturated carbocycles. The molecule has 2 aromatic carbocycles. The third kappa shape index (κ3) is 2.70. The molecule has 1 fully saturated rings. The summed E-state index contributed by atoms with van der Waals surface area (Å²) in [6.45, 7) is 1.92. The summed E-state index contributed by atoms with van der Waals surface area (Å²) in [5.74, 6) is -0.285. The summed E-state index contributed by atoms with van der Waals surface area (Å²) in [4.78, 5) is 16.5. The number of amides is 1. The number of hydrogen-bond donors (Lipinski definition) is 0. The smallest absolute Gasteiger partial charge is 0.287 e. The van der Waals surface area contributed by atoms with Crippen molar-refractivity contribution in [1.82, 2.24) is 4.90 Å². The van der Waals surface area contributed by atoms with Crippen molar-refractivity contribution in [2.24, 2.45) is 5.10 Å². The minimum absolute atomic E-state index is 0.0618. The van der Waals surface area contributed by atoms with Crippen LogP contribution in [0.3, 0.4) is 0 Å². The van der Waals surface area contributed by atoms with Crippen molar-refractivity contribution < 1.29 is 4.79 Å². The molecule has 1 amide bonds. The Balaban J connectivity index is 1.71. The highest BCUT2D eigenvalue weighted by atomic mass is 16.2. The van der Waals surface area contributed by atoms with Gasteiger partial charge >= 0.3 is 0 Å². The van der Waals surface area contributed by atoms with Crippen molar-refractivity contribution in [3.8, 4) is 6.07 Å². The van der Waals surface area contributed by atoms with Crippen molar-refractivity contribution in [2.45, 2.75) is 6.17 Å². The van der Waals surface area contributed by atoms with Crippen LogP contribution in [0.15, 0.2) is 65.8 Å². The number of piperazine rings is 1. The third-order valence-corrected chi connectivity index (χ3v) is 4.56. The fourth-order valence-electron chi connectivity index (χ4n) is 3.32. The number of benzene rings is 2. The average molecular weight is 331 g/mol. The molecule has 0 spiro atoms. The van der Waals surface area contributed by atoms with E-state index in [0.29, 0.717) is 13.1 Å². The standard InChI is InChI=1S/C19H17N5O/c20-13-17-19(25)23-12-11-22(15-7-3-1-4-8-15)14-18(23)24(21-17)16-9-5-2-6-10-16/h1-10,18H,11-12,14H2/t18-/m1/s1. The molecule has 4 rings (SSSR count). The van der Waals surface area contributed by atoms with E-state index in [1.54, 1.807) is 9.91 Å². The quantitative estimate of drug-likeness (QED) is 0.845. The van der Waals surface area contributed by atoms with Crippen LogP contribution in [0, 0.1) is 11.3 Å². The Hall–Kier alpha value is -3.33. The molecule has 0 N–H and O–H groups in total. The first kappa shape index (κ1) is 15.2. The van der Waals surface area contributed by atoms with Gasteiger partial charge in [0.25, 0.3) is 5.91 Å². The number of nitriles is 1. The predicted molar refractivity (Wildman–Crippen MR) is 96.1 cm³/mol.